The Hall–Kier alpha value is -1.89. The minimum absolute atomic E-state index is 0.00508. The summed E-state index contributed by atoms with van der Waals surface area (Å²) < 4.78 is 6.64. The number of ether oxygens (including phenoxy) is 1. The third-order valence-corrected chi connectivity index (χ3v) is 4.32. The Morgan fingerprint density at radius 1 is 1.43 bits per heavy atom. The second-order valence-electron chi connectivity index (χ2n) is 5.62. The van der Waals surface area contributed by atoms with Crippen LogP contribution in [-0.4, -0.2) is 58.8 Å². The minimum atomic E-state index is 0.00508. The third-order valence-electron chi connectivity index (χ3n) is 4.32. The zero-order valence-corrected chi connectivity index (χ0v) is 12.4. The number of hydrogen-bond acceptors (Lipinski definition) is 4. The summed E-state index contributed by atoms with van der Waals surface area (Å²) in [7, 11) is 3.36. The molecule has 2 fully saturated rings. The van der Waals surface area contributed by atoms with E-state index in [0.717, 1.165) is 18.5 Å². The Labute approximate surface area is 123 Å². The van der Waals surface area contributed by atoms with E-state index in [1.54, 1.807) is 10.9 Å². The number of amides is 2. The predicted octanol–water partition coefficient (Wildman–Crippen LogP) is 0.163. The Morgan fingerprint density at radius 2 is 2.24 bits per heavy atom. The van der Waals surface area contributed by atoms with Crippen molar-refractivity contribution in [1.82, 2.24) is 14.7 Å². The van der Waals surface area contributed by atoms with Gasteiger partial charge >= 0.3 is 0 Å². The van der Waals surface area contributed by atoms with Crippen LogP contribution in [0.2, 0.25) is 0 Å². The lowest BCUT2D eigenvalue weighted by Crippen LogP contribution is -2.53. The van der Waals surface area contributed by atoms with Gasteiger partial charge in [0.05, 0.1) is 24.0 Å². The van der Waals surface area contributed by atoms with E-state index in [1.807, 2.05) is 23.0 Å². The summed E-state index contributed by atoms with van der Waals surface area (Å²) in [6, 6.07) is 0.141. The average molecular weight is 292 g/mol. The number of anilines is 1. The molecule has 2 amide bonds. The molecule has 0 saturated carbocycles. The fourth-order valence-electron chi connectivity index (χ4n) is 3.45. The van der Waals surface area contributed by atoms with Gasteiger partial charge in [-0.25, -0.2) is 0 Å². The zero-order chi connectivity index (χ0) is 15.0. The van der Waals surface area contributed by atoms with E-state index in [-0.39, 0.29) is 30.5 Å². The second kappa shape index (κ2) is 5.48. The number of nitrogens with zero attached hydrogens (tertiary/aromatic N) is 4. The van der Waals surface area contributed by atoms with Crippen molar-refractivity contribution >= 4 is 17.5 Å². The third kappa shape index (κ3) is 2.42. The first-order chi connectivity index (χ1) is 10.1. The zero-order valence-electron chi connectivity index (χ0n) is 12.4. The maximum Gasteiger partial charge on any atom is 0.248 e. The van der Waals surface area contributed by atoms with E-state index in [0.29, 0.717) is 13.0 Å². The molecule has 2 saturated heterocycles. The Balaban J connectivity index is 1.83. The predicted molar refractivity (Wildman–Crippen MR) is 75.7 cm³/mol. The van der Waals surface area contributed by atoms with Crippen molar-refractivity contribution < 1.29 is 14.3 Å². The molecule has 2 aliphatic heterocycles. The second-order valence-corrected chi connectivity index (χ2v) is 5.62. The molecule has 0 N–H and O–H groups in total. The van der Waals surface area contributed by atoms with Gasteiger partial charge in [-0.15, -0.1) is 0 Å². The SMILES string of the molecule is COCC(=O)N1CC[C@@H]2[C@@H]1CCC(=O)N2c1cnn(C)c1. The number of hydrogen-bond donors (Lipinski definition) is 0. The molecule has 2 atom stereocenters. The van der Waals surface area contributed by atoms with Crippen LogP contribution in [-0.2, 0) is 21.4 Å². The molecule has 0 radical (unpaired) electrons. The van der Waals surface area contributed by atoms with Gasteiger partial charge in [0.1, 0.15) is 6.61 Å². The summed E-state index contributed by atoms with van der Waals surface area (Å²) in [5.41, 5.74) is 0.818. The van der Waals surface area contributed by atoms with Crippen LogP contribution in [0.15, 0.2) is 12.4 Å². The summed E-state index contributed by atoms with van der Waals surface area (Å²) in [6.45, 7) is 0.783. The Morgan fingerprint density at radius 3 is 2.90 bits per heavy atom. The van der Waals surface area contributed by atoms with Crippen molar-refractivity contribution in [3.05, 3.63) is 12.4 Å². The maximum absolute atomic E-state index is 12.3. The summed E-state index contributed by atoms with van der Waals surface area (Å²) >= 11 is 0. The number of fused-ring (bicyclic) bond motifs is 1. The van der Waals surface area contributed by atoms with Crippen LogP contribution in [0.1, 0.15) is 19.3 Å². The van der Waals surface area contributed by atoms with Crippen LogP contribution in [0.25, 0.3) is 0 Å². The van der Waals surface area contributed by atoms with Crippen LogP contribution < -0.4 is 4.90 Å². The smallest absolute Gasteiger partial charge is 0.248 e. The average Bonchev–Trinajstić information content (AvgIpc) is 3.05. The van der Waals surface area contributed by atoms with Crippen molar-refractivity contribution in [2.45, 2.75) is 31.3 Å². The van der Waals surface area contributed by atoms with Crippen molar-refractivity contribution in [3.63, 3.8) is 0 Å². The monoisotopic (exact) mass is 292 g/mol. The number of aromatic nitrogens is 2. The van der Waals surface area contributed by atoms with Crippen molar-refractivity contribution in [2.75, 3.05) is 25.2 Å². The largest absolute Gasteiger partial charge is 0.375 e. The highest BCUT2D eigenvalue weighted by Gasteiger charge is 2.45. The van der Waals surface area contributed by atoms with Crippen LogP contribution >= 0.6 is 0 Å². The number of carbonyl (C=O) groups excluding carboxylic acids is 2. The van der Waals surface area contributed by atoms with Gasteiger partial charge in [-0.3, -0.25) is 14.3 Å². The van der Waals surface area contributed by atoms with E-state index in [9.17, 15) is 9.59 Å². The maximum atomic E-state index is 12.3. The molecule has 2 aliphatic rings. The van der Waals surface area contributed by atoms with E-state index >= 15 is 0 Å². The number of methoxy groups -OCH3 is 1. The van der Waals surface area contributed by atoms with Gasteiger partial charge in [0, 0.05) is 33.3 Å². The molecule has 7 nitrogen and oxygen atoms in total. The lowest BCUT2D eigenvalue weighted by Gasteiger charge is -2.39. The molecule has 0 spiro atoms. The minimum Gasteiger partial charge on any atom is -0.375 e. The molecule has 0 unspecified atom stereocenters. The highest BCUT2D eigenvalue weighted by atomic mass is 16.5. The lowest BCUT2D eigenvalue weighted by atomic mass is 9.96. The molecule has 3 rings (SSSR count). The summed E-state index contributed by atoms with van der Waals surface area (Å²) in [5.74, 6) is 0.121. The Kier molecular flexibility index (Phi) is 3.67. The van der Waals surface area contributed by atoms with Gasteiger partial charge in [-0.05, 0) is 12.8 Å². The van der Waals surface area contributed by atoms with E-state index in [2.05, 4.69) is 5.10 Å². The van der Waals surface area contributed by atoms with Gasteiger partial charge in [0.2, 0.25) is 11.8 Å². The van der Waals surface area contributed by atoms with Crippen molar-refractivity contribution in [3.8, 4) is 0 Å². The quantitative estimate of drug-likeness (QED) is 0.796. The topological polar surface area (TPSA) is 67.7 Å². The highest BCUT2D eigenvalue weighted by Crippen LogP contribution is 2.34. The van der Waals surface area contributed by atoms with E-state index in [4.69, 9.17) is 4.74 Å². The van der Waals surface area contributed by atoms with Gasteiger partial charge < -0.3 is 14.5 Å². The Bertz CT molecular complexity index is 556. The van der Waals surface area contributed by atoms with Gasteiger partial charge in [0.25, 0.3) is 0 Å². The molecule has 1 aromatic rings. The first-order valence-corrected chi connectivity index (χ1v) is 7.21. The molecule has 114 valence electrons. The number of likely N-dealkylation sites (tertiary alicyclic amines) is 1. The first kappa shape index (κ1) is 14.1. The lowest BCUT2D eigenvalue weighted by molar-refractivity contribution is -0.137. The highest BCUT2D eigenvalue weighted by molar-refractivity contribution is 5.95. The van der Waals surface area contributed by atoms with Gasteiger partial charge in [-0.1, -0.05) is 0 Å². The van der Waals surface area contributed by atoms with Gasteiger partial charge in [-0.2, -0.15) is 5.10 Å². The van der Waals surface area contributed by atoms with Crippen LogP contribution in [0.4, 0.5) is 5.69 Å². The molecule has 3 heterocycles. The number of piperidine rings is 1. The molecule has 0 aromatic carbocycles. The van der Waals surface area contributed by atoms with Crippen LogP contribution in [0.5, 0.6) is 0 Å². The molecular formula is C14H20N4O3. The summed E-state index contributed by atoms with van der Waals surface area (Å²) in [4.78, 5) is 28.1. The van der Waals surface area contributed by atoms with E-state index in [1.165, 1.54) is 7.11 Å². The fraction of sp³-hybridized carbons (Fsp3) is 0.643. The summed E-state index contributed by atoms with van der Waals surface area (Å²) in [5, 5.41) is 4.15. The van der Waals surface area contributed by atoms with Crippen molar-refractivity contribution in [1.29, 1.82) is 0 Å². The van der Waals surface area contributed by atoms with Gasteiger partial charge in [0.15, 0.2) is 0 Å². The summed E-state index contributed by atoms with van der Waals surface area (Å²) in [6.07, 6.45) is 5.56. The normalized spacial score (nSPS) is 25.3. The number of carbonyl (C=O) groups is 2. The first-order valence-electron chi connectivity index (χ1n) is 7.21. The fourth-order valence-corrected chi connectivity index (χ4v) is 3.45. The molecule has 0 bridgehead atoms. The van der Waals surface area contributed by atoms with E-state index < -0.39 is 0 Å². The number of rotatable bonds is 3. The van der Waals surface area contributed by atoms with Crippen LogP contribution in [0, 0.1) is 0 Å². The van der Waals surface area contributed by atoms with Crippen LogP contribution in [0.3, 0.4) is 0 Å². The molecule has 1 aromatic heterocycles. The molecule has 0 aliphatic carbocycles. The molecule has 7 heteroatoms. The van der Waals surface area contributed by atoms with Crippen molar-refractivity contribution in [2.24, 2.45) is 7.05 Å². The molecular weight excluding hydrogens is 272 g/mol. The standard InChI is InChI=1S/C14H20N4O3/c1-16-8-10(7-15-16)18-12-5-6-17(14(20)9-21-2)11(12)3-4-13(18)19/h7-8,11-12H,3-6,9H2,1-2H3/t11-,12+/m0/s1. The molecule has 21 heavy (non-hydrogen) atoms. The number of aryl methyl sites for hydroxylation is 1.